The van der Waals surface area contributed by atoms with Crippen molar-refractivity contribution < 1.29 is 14.4 Å². The number of hydrogen-bond donors (Lipinski definition) is 0. The second kappa shape index (κ2) is 7.62. The number of anilines is 1. The summed E-state index contributed by atoms with van der Waals surface area (Å²) in [4.78, 5) is 41.3. The summed E-state index contributed by atoms with van der Waals surface area (Å²) in [5.74, 6) is -1.16. The van der Waals surface area contributed by atoms with Crippen molar-refractivity contribution in [3.63, 3.8) is 0 Å². The fourth-order valence-electron chi connectivity index (χ4n) is 5.46. The van der Waals surface area contributed by atoms with Gasteiger partial charge in [-0.25, -0.2) is 0 Å². The summed E-state index contributed by atoms with van der Waals surface area (Å²) in [5, 5.41) is 0. The molecule has 1 aliphatic heterocycles. The van der Waals surface area contributed by atoms with Crippen LogP contribution in [0.1, 0.15) is 36.0 Å². The molecule has 0 N–H and O–H groups in total. The zero-order chi connectivity index (χ0) is 20.8. The zero-order valence-electron chi connectivity index (χ0n) is 16.5. The average molecular weight is 464 g/mol. The van der Waals surface area contributed by atoms with Gasteiger partial charge in [0.25, 0.3) is 0 Å². The summed E-state index contributed by atoms with van der Waals surface area (Å²) in [7, 11) is 0. The van der Waals surface area contributed by atoms with Gasteiger partial charge in [0, 0.05) is 16.5 Å². The molecule has 1 saturated heterocycles. The molecule has 2 aromatic carbocycles. The van der Waals surface area contributed by atoms with Crippen LogP contribution in [-0.4, -0.2) is 17.6 Å². The van der Waals surface area contributed by atoms with Gasteiger partial charge in [-0.1, -0.05) is 57.9 Å². The number of nitrogens with zero attached hydrogens (tertiary/aromatic N) is 1. The normalized spacial score (nSPS) is 27.6. The van der Waals surface area contributed by atoms with Crippen molar-refractivity contribution in [2.45, 2.75) is 25.7 Å². The lowest BCUT2D eigenvalue weighted by molar-refractivity contribution is -0.122. The second-order valence-electron chi connectivity index (χ2n) is 8.44. The lowest BCUT2D eigenvalue weighted by Gasteiger charge is -2.33. The maximum Gasteiger partial charge on any atom is 0.238 e. The number of imide groups is 1. The topological polar surface area (TPSA) is 54.5 Å². The van der Waals surface area contributed by atoms with Crippen LogP contribution in [0, 0.1) is 23.7 Å². The molecule has 1 heterocycles. The van der Waals surface area contributed by atoms with Crippen molar-refractivity contribution in [1.29, 1.82) is 0 Å². The van der Waals surface area contributed by atoms with Gasteiger partial charge in [-0.3, -0.25) is 19.3 Å². The molecule has 2 unspecified atom stereocenters. The van der Waals surface area contributed by atoms with Gasteiger partial charge in [0.05, 0.1) is 17.5 Å². The fourth-order valence-corrected chi connectivity index (χ4v) is 5.73. The summed E-state index contributed by atoms with van der Waals surface area (Å²) in [6.45, 7) is 0. The van der Waals surface area contributed by atoms with Crippen LogP contribution in [0.4, 0.5) is 5.69 Å². The van der Waals surface area contributed by atoms with Crippen molar-refractivity contribution in [1.82, 2.24) is 0 Å². The Balaban J connectivity index is 1.50. The molecule has 30 heavy (non-hydrogen) atoms. The Labute approximate surface area is 184 Å². The van der Waals surface area contributed by atoms with Crippen molar-refractivity contribution in [3.05, 3.63) is 76.3 Å². The van der Waals surface area contributed by atoms with Gasteiger partial charge < -0.3 is 0 Å². The number of halogens is 1. The van der Waals surface area contributed by atoms with E-state index < -0.39 is 5.92 Å². The molecule has 4 atom stereocenters. The number of carbonyl (C=O) groups excluding carboxylic acids is 3. The molecule has 5 rings (SSSR count). The minimum atomic E-state index is -0.458. The smallest absolute Gasteiger partial charge is 0.238 e. The largest absolute Gasteiger partial charge is 0.294 e. The van der Waals surface area contributed by atoms with E-state index in [1.165, 1.54) is 10.5 Å². The lowest BCUT2D eigenvalue weighted by Crippen LogP contribution is -2.35. The Bertz CT molecular complexity index is 1040. The van der Waals surface area contributed by atoms with E-state index in [0.29, 0.717) is 11.3 Å². The first-order valence-electron chi connectivity index (χ1n) is 10.5. The second-order valence-corrected chi connectivity index (χ2v) is 9.35. The third kappa shape index (κ3) is 3.16. The quantitative estimate of drug-likeness (QED) is 0.356. The highest BCUT2D eigenvalue weighted by Gasteiger charge is 2.57. The van der Waals surface area contributed by atoms with E-state index >= 15 is 0 Å². The van der Waals surface area contributed by atoms with E-state index in [1.54, 1.807) is 12.1 Å². The Morgan fingerprint density at radius 3 is 2.40 bits per heavy atom. The van der Waals surface area contributed by atoms with Crippen LogP contribution in [0.5, 0.6) is 0 Å². The van der Waals surface area contributed by atoms with Crippen LogP contribution in [0.3, 0.4) is 0 Å². The van der Waals surface area contributed by atoms with Crippen LogP contribution in [0.15, 0.2) is 70.7 Å². The minimum Gasteiger partial charge on any atom is -0.294 e. The predicted octanol–water partition coefficient (Wildman–Crippen LogP) is 5.18. The monoisotopic (exact) mass is 463 g/mol. The first-order chi connectivity index (χ1) is 14.5. The third-order valence-corrected chi connectivity index (χ3v) is 7.31. The molecule has 1 saturated carbocycles. The van der Waals surface area contributed by atoms with Gasteiger partial charge in [-0.15, -0.1) is 0 Å². The van der Waals surface area contributed by atoms with Gasteiger partial charge in [0.2, 0.25) is 11.8 Å². The SMILES string of the molecule is O=C(C[C@H]1C=C2CCC[C@H]2C2C(=O)N(c3ccc(Br)cc3)C(=O)C21)c1ccccc1. The van der Waals surface area contributed by atoms with E-state index in [0.717, 1.165) is 23.7 Å². The van der Waals surface area contributed by atoms with Crippen molar-refractivity contribution >= 4 is 39.2 Å². The summed E-state index contributed by atoms with van der Waals surface area (Å²) in [5.41, 5.74) is 2.53. The molecule has 0 bridgehead atoms. The van der Waals surface area contributed by atoms with Gasteiger partial charge in [0.15, 0.2) is 5.78 Å². The van der Waals surface area contributed by atoms with E-state index in [1.807, 2.05) is 42.5 Å². The van der Waals surface area contributed by atoms with E-state index in [2.05, 4.69) is 22.0 Å². The lowest BCUT2D eigenvalue weighted by atomic mass is 9.67. The van der Waals surface area contributed by atoms with E-state index in [9.17, 15) is 14.4 Å². The van der Waals surface area contributed by atoms with Crippen LogP contribution in [0.25, 0.3) is 0 Å². The van der Waals surface area contributed by atoms with Crippen LogP contribution >= 0.6 is 15.9 Å². The van der Waals surface area contributed by atoms with Crippen LogP contribution in [0.2, 0.25) is 0 Å². The summed E-state index contributed by atoms with van der Waals surface area (Å²) < 4.78 is 0.897. The molecule has 5 heteroatoms. The number of allylic oxidation sites excluding steroid dienone is 2. The molecule has 2 aliphatic carbocycles. The summed E-state index contributed by atoms with van der Waals surface area (Å²) >= 11 is 3.41. The number of carbonyl (C=O) groups is 3. The zero-order valence-corrected chi connectivity index (χ0v) is 18.0. The van der Waals surface area contributed by atoms with E-state index in [-0.39, 0.29) is 41.8 Å². The molecule has 0 spiro atoms. The Morgan fingerprint density at radius 1 is 0.967 bits per heavy atom. The van der Waals surface area contributed by atoms with E-state index in [4.69, 9.17) is 0 Å². The third-order valence-electron chi connectivity index (χ3n) is 6.78. The maximum atomic E-state index is 13.5. The van der Waals surface area contributed by atoms with Gasteiger partial charge in [0.1, 0.15) is 0 Å². The number of hydrogen-bond acceptors (Lipinski definition) is 3. The molecule has 2 amide bonds. The van der Waals surface area contributed by atoms with Crippen molar-refractivity contribution in [3.8, 4) is 0 Å². The number of Topliss-reactive ketones (excluding diaryl/α,β-unsaturated/α-hetero) is 1. The molecule has 4 nitrogen and oxygen atoms in total. The van der Waals surface area contributed by atoms with Crippen LogP contribution in [-0.2, 0) is 9.59 Å². The fraction of sp³-hybridized carbons (Fsp3) is 0.320. The molecule has 152 valence electrons. The highest BCUT2D eigenvalue weighted by molar-refractivity contribution is 9.10. The van der Waals surface area contributed by atoms with Gasteiger partial charge >= 0.3 is 0 Å². The number of amides is 2. The minimum absolute atomic E-state index is 0.0231. The Morgan fingerprint density at radius 2 is 1.67 bits per heavy atom. The molecule has 2 aromatic rings. The first-order valence-corrected chi connectivity index (χ1v) is 11.3. The predicted molar refractivity (Wildman–Crippen MR) is 118 cm³/mol. The summed E-state index contributed by atoms with van der Waals surface area (Å²) in [6, 6.07) is 16.5. The maximum absolute atomic E-state index is 13.5. The molecule has 0 aromatic heterocycles. The standard InChI is InChI=1S/C25H22BrNO3/c26-18-9-11-19(12-10-18)27-24(29)22-17(14-21(28)15-5-2-1-3-6-15)13-16-7-4-8-20(16)23(22)25(27)30/h1-3,5-6,9-13,17,20,22-23H,4,7-8,14H2/t17-,20-,22?,23?/m1/s1. The summed E-state index contributed by atoms with van der Waals surface area (Å²) in [6.07, 6.45) is 5.35. The Hall–Kier alpha value is -2.53. The number of fused-ring (bicyclic) bond motifs is 3. The molecule has 2 fully saturated rings. The molecule has 3 aliphatic rings. The number of ketones is 1. The molecular formula is C25H22BrNO3. The first kappa shape index (κ1) is 19.4. The Kier molecular flexibility index (Phi) is 4.94. The average Bonchev–Trinajstić information content (AvgIpc) is 3.32. The van der Waals surface area contributed by atoms with Crippen molar-refractivity contribution in [2.75, 3.05) is 4.90 Å². The van der Waals surface area contributed by atoms with Crippen LogP contribution < -0.4 is 4.90 Å². The van der Waals surface area contributed by atoms with Gasteiger partial charge in [-0.2, -0.15) is 0 Å². The molecular weight excluding hydrogens is 442 g/mol. The number of benzene rings is 2. The molecule has 0 radical (unpaired) electrons. The number of rotatable bonds is 4. The van der Waals surface area contributed by atoms with Crippen molar-refractivity contribution in [2.24, 2.45) is 23.7 Å². The highest BCUT2D eigenvalue weighted by atomic mass is 79.9. The van der Waals surface area contributed by atoms with Gasteiger partial charge in [-0.05, 0) is 55.4 Å². The highest BCUT2D eigenvalue weighted by Crippen LogP contribution is 2.52.